The number of sulfone groups is 1. The van der Waals surface area contributed by atoms with Gasteiger partial charge in [0, 0.05) is 6.26 Å². The van der Waals surface area contributed by atoms with Crippen LogP contribution >= 0.6 is 0 Å². The number of benzene rings is 2. The highest BCUT2D eigenvalue weighted by Crippen LogP contribution is 2.44. The average molecular weight is 372 g/mol. The van der Waals surface area contributed by atoms with E-state index in [-0.39, 0.29) is 0 Å². The molecule has 0 saturated carbocycles. The smallest absolute Gasteiger partial charge is 0.175 e. The molecule has 2 aromatic rings. The first-order chi connectivity index (χ1) is 12.9. The Hall–Kier alpha value is -2.91. The summed E-state index contributed by atoms with van der Waals surface area (Å²) in [6, 6.07) is 28.2. The van der Waals surface area contributed by atoms with Gasteiger partial charge < -0.3 is 0 Å². The van der Waals surface area contributed by atoms with Crippen LogP contribution in [0.2, 0.25) is 0 Å². The first-order valence-corrected chi connectivity index (χ1v) is 10.7. The summed E-state index contributed by atoms with van der Waals surface area (Å²) in [7, 11) is -3.20. The molecule has 2 aliphatic carbocycles. The van der Waals surface area contributed by atoms with Crippen molar-refractivity contribution in [2.75, 3.05) is 6.26 Å². The Morgan fingerprint density at radius 2 is 1.33 bits per heavy atom. The fraction of sp³-hybridized carbons (Fsp3) is 0.0833. The second-order valence-corrected chi connectivity index (χ2v) is 8.89. The van der Waals surface area contributed by atoms with Crippen molar-refractivity contribution in [2.45, 2.75) is 11.8 Å². The minimum Gasteiger partial charge on any atom is -0.224 e. The minimum absolute atomic E-state index is 0.339. The van der Waals surface area contributed by atoms with Crippen molar-refractivity contribution < 1.29 is 8.42 Å². The summed E-state index contributed by atoms with van der Waals surface area (Å²) in [5, 5.41) is 0. The summed E-state index contributed by atoms with van der Waals surface area (Å²) in [5.74, 6) is 0. The zero-order valence-corrected chi connectivity index (χ0v) is 16.1. The highest BCUT2D eigenvalue weighted by molar-refractivity contribution is 7.90. The summed E-state index contributed by atoms with van der Waals surface area (Å²) < 4.78 is 23.6. The predicted molar refractivity (Wildman–Crippen MR) is 112 cm³/mol. The molecule has 4 rings (SSSR count). The van der Waals surface area contributed by atoms with E-state index in [1.54, 1.807) is 12.1 Å². The predicted octanol–water partition coefficient (Wildman–Crippen LogP) is 5.84. The van der Waals surface area contributed by atoms with Crippen molar-refractivity contribution in [2.24, 2.45) is 0 Å². The lowest BCUT2D eigenvalue weighted by atomic mass is 9.95. The van der Waals surface area contributed by atoms with Crippen LogP contribution in [0.1, 0.15) is 5.56 Å². The maximum atomic E-state index is 11.8. The van der Waals surface area contributed by atoms with Crippen molar-refractivity contribution in [1.29, 1.82) is 0 Å². The summed E-state index contributed by atoms with van der Waals surface area (Å²) >= 11 is 0. The van der Waals surface area contributed by atoms with E-state index in [1.807, 2.05) is 24.3 Å². The van der Waals surface area contributed by atoms with Gasteiger partial charge in [0.05, 0.1) is 4.90 Å². The third-order valence-electron chi connectivity index (χ3n) is 4.81. The molecule has 0 radical (unpaired) electrons. The van der Waals surface area contributed by atoms with Crippen molar-refractivity contribution in [3.05, 3.63) is 90.5 Å². The molecule has 0 heterocycles. The number of aryl methyl sites for hydroxylation is 1. The van der Waals surface area contributed by atoms with Crippen LogP contribution < -0.4 is 0 Å². The van der Waals surface area contributed by atoms with E-state index in [2.05, 4.69) is 55.5 Å². The Bertz CT molecular complexity index is 1190. The van der Waals surface area contributed by atoms with E-state index in [1.165, 1.54) is 34.1 Å². The summed E-state index contributed by atoms with van der Waals surface area (Å²) in [5.41, 5.74) is 8.03. The van der Waals surface area contributed by atoms with E-state index < -0.39 is 9.84 Å². The van der Waals surface area contributed by atoms with Gasteiger partial charge in [0.2, 0.25) is 0 Å². The lowest BCUT2D eigenvalue weighted by Gasteiger charge is -2.09. The van der Waals surface area contributed by atoms with Crippen LogP contribution in [0, 0.1) is 6.92 Å². The maximum Gasteiger partial charge on any atom is 0.175 e. The second kappa shape index (κ2) is 6.67. The maximum absolute atomic E-state index is 11.8. The quantitative estimate of drug-likeness (QED) is 0.453. The van der Waals surface area contributed by atoms with Crippen molar-refractivity contribution in [3.63, 3.8) is 0 Å². The van der Waals surface area contributed by atoms with Gasteiger partial charge in [-0.2, -0.15) is 0 Å². The van der Waals surface area contributed by atoms with Crippen molar-refractivity contribution >= 4 is 9.84 Å². The second-order valence-electron chi connectivity index (χ2n) is 6.88. The van der Waals surface area contributed by atoms with Crippen molar-refractivity contribution in [1.82, 2.24) is 0 Å². The molecule has 0 bridgehead atoms. The topological polar surface area (TPSA) is 34.1 Å². The molecule has 2 nitrogen and oxygen atoms in total. The van der Waals surface area contributed by atoms with Crippen molar-refractivity contribution in [3.8, 4) is 33.4 Å². The molecule has 0 amide bonds. The third-order valence-corrected chi connectivity index (χ3v) is 5.94. The molecule has 0 saturated heterocycles. The summed E-state index contributed by atoms with van der Waals surface area (Å²) in [6.07, 6.45) is 1.23. The highest BCUT2D eigenvalue weighted by atomic mass is 32.2. The van der Waals surface area contributed by atoms with Crippen LogP contribution in [-0.2, 0) is 9.84 Å². The Morgan fingerprint density at radius 3 is 2.04 bits per heavy atom. The monoisotopic (exact) mass is 372 g/mol. The van der Waals surface area contributed by atoms with E-state index in [4.69, 9.17) is 0 Å². The number of fused-ring (bicyclic) bond motifs is 1. The Labute approximate surface area is 160 Å². The van der Waals surface area contributed by atoms with E-state index >= 15 is 0 Å². The number of rotatable bonds is 3. The first kappa shape index (κ1) is 17.5. The van der Waals surface area contributed by atoms with Crippen LogP contribution in [-0.4, -0.2) is 14.7 Å². The summed E-state index contributed by atoms with van der Waals surface area (Å²) in [6.45, 7) is 2.09. The molecule has 0 atom stereocenters. The molecule has 134 valence electrons. The molecule has 0 aliphatic heterocycles. The molecule has 0 unspecified atom stereocenters. The number of hydrogen-bond acceptors (Lipinski definition) is 2. The zero-order valence-electron chi connectivity index (χ0n) is 15.3. The minimum atomic E-state index is -3.20. The van der Waals surface area contributed by atoms with Crippen LogP contribution in [0.25, 0.3) is 33.4 Å². The lowest BCUT2D eigenvalue weighted by Crippen LogP contribution is -1.96. The molecule has 2 aliphatic rings. The molecule has 0 aromatic heterocycles. The van der Waals surface area contributed by atoms with Gasteiger partial charge >= 0.3 is 0 Å². The molecule has 2 aromatic carbocycles. The zero-order chi connectivity index (χ0) is 19.0. The molecule has 0 fully saturated rings. The van der Waals surface area contributed by atoms with Gasteiger partial charge in [-0.3, -0.25) is 0 Å². The number of hydrogen-bond donors (Lipinski definition) is 0. The standard InChI is InChI=1S/C24H20O2S/c1-17-7-6-9-20(15-17)24-22-10-5-3-4-8-19(22)16-23(24)18-11-13-21(14-12-18)27(2,25)26/h3-16H,1-2H3. The van der Waals surface area contributed by atoms with E-state index in [0.29, 0.717) is 4.90 Å². The Morgan fingerprint density at radius 1 is 0.630 bits per heavy atom. The fourth-order valence-electron chi connectivity index (χ4n) is 3.51. The normalized spacial score (nSPS) is 11.6. The van der Waals surface area contributed by atoms with Gasteiger partial charge in [-0.05, 0) is 58.5 Å². The van der Waals surface area contributed by atoms with Crippen LogP contribution in [0.5, 0.6) is 0 Å². The molecular weight excluding hydrogens is 352 g/mol. The molecule has 3 heteroatoms. The van der Waals surface area contributed by atoms with E-state index in [9.17, 15) is 8.42 Å². The highest BCUT2D eigenvalue weighted by Gasteiger charge is 2.18. The van der Waals surface area contributed by atoms with Crippen LogP contribution in [0.4, 0.5) is 0 Å². The van der Waals surface area contributed by atoms with Gasteiger partial charge in [0.15, 0.2) is 9.84 Å². The Balaban J connectivity index is 1.98. The molecule has 0 spiro atoms. The van der Waals surface area contributed by atoms with Gasteiger partial charge in [-0.25, -0.2) is 8.42 Å². The third kappa shape index (κ3) is 3.38. The SMILES string of the molecule is Cc1cccc(-c2c3cccccc-3cc2-c2ccc(S(C)(=O)=O)cc2)c1. The van der Waals surface area contributed by atoms with Crippen LogP contribution in [0.15, 0.2) is 89.8 Å². The lowest BCUT2D eigenvalue weighted by molar-refractivity contribution is 0.602. The van der Waals surface area contributed by atoms with Gasteiger partial charge in [0.1, 0.15) is 0 Å². The van der Waals surface area contributed by atoms with Crippen LogP contribution in [0.3, 0.4) is 0 Å². The van der Waals surface area contributed by atoms with Gasteiger partial charge in [-0.15, -0.1) is 0 Å². The molecule has 27 heavy (non-hydrogen) atoms. The Kier molecular flexibility index (Phi) is 4.33. The summed E-state index contributed by atoms with van der Waals surface area (Å²) in [4.78, 5) is 0.339. The van der Waals surface area contributed by atoms with E-state index in [0.717, 1.165) is 11.1 Å². The van der Waals surface area contributed by atoms with Gasteiger partial charge in [-0.1, -0.05) is 72.3 Å². The van der Waals surface area contributed by atoms with Gasteiger partial charge in [0.25, 0.3) is 0 Å². The first-order valence-electron chi connectivity index (χ1n) is 8.83. The largest absolute Gasteiger partial charge is 0.224 e. The molecular formula is C24H20O2S. The fourth-order valence-corrected chi connectivity index (χ4v) is 4.14. The average Bonchev–Trinajstić information content (AvgIpc) is 2.84. The molecule has 0 N–H and O–H groups in total.